The van der Waals surface area contributed by atoms with Gasteiger partial charge in [-0.25, -0.2) is 4.98 Å². The zero-order valence-electron chi connectivity index (χ0n) is 10.5. The summed E-state index contributed by atoms with van der Waals surface area (Å²) >= 11 is 0. The quantitative estimate of drug-likeness (QED) is 0.796. The molecule has 7 nitrogen and oxygen atoms in total. The van der Waals surface area contributed by atoms with Gasteiger partial charge in [-0.15, -0.1) is 0 Å². The first-order valence-corrected chi connectivity index (χ1v) is 6.13. The summed E-state index contributed by atoms with van der Waals surface area (Å²) in [6, 6.07) is 1.88. The van der Waals surface area contributed by atoms with E-state index in [1.807, 2.05) is 11.9 Å². The summed E-state index contributed by atoms with van der Waals surface area (Å²) < 4.78 is 1.57. The smallest absolute Gasteiger partial charge is 0.254 e. The van der Waals surface area contributed by atoms with Gasteiger partial charge in [0, 0.05) is 13.2 Å². The van der Waals surface area contributed by atoms with E-state index in [2.05, 4.69) is 10.1 Å². The average molecular weight is 261 g/mol. The number of anilines is 1. The van der Waals surface area contributed by atoms with Crippen molar-refractivity contribution in [1.82, 2.24) is 14.6 Å². The summed E-state index contributed by atoms with van der Waals surface area (Å²) in [7, 11) is 1.90. The normalized spacial score (nSPS) is 22.2. The van der Waals surface area contributed by atoms with Crippen molar-refractivity contribution in [1.29, 1.82) is 0 Å². The van der Waals surface area contributed by atoms with Gasteiger partial charge in [0.05, 0.1) is 18.3 Å². The lowest BCUT2D eigenvalue weighted by Gasteiger charge is -2.40. The number of nitrogens with zero attached hydrogens (tertiary/aromatic N) is 4. The zero-order valence-corrected chi connectivity index (χ0v) is 10.5. The van der Waals surface area contributed by atoms with E-state index in [1.165, 1.54) is 6.20 Å². The second-order valence-corrected chi connectivity index (χ2v) is 4.78. The minimum absolute atomic E-state index is 0.0758. The van der Waals surface area contributed by atoms with E-state index in [0.29, 0.717) is 11.2 Å². The van der Waals surface area contributed by atoms with Gasteiger partial charge in [0.15, 0.2) is 5.65 Å². The van der Waals surface area contributed by atoms with E-state index in [0.717, 1.165) is 18.7 Å². The number of likely N-dealkylation sites (N-methyl/N-ethyl adjacent to an activating group) is 1. The third-order valence-corrected chi connectivity index (χ3v) is 3.71. The summed E-state index contributed by atoms with van der Waals surface area (Å²) in [5.41, 5.74) is 6.02. The van der Waals surface area contributed by atoms with E-state index >= 15 is 0 Å². The number of aromatic nitrogens is 3. The predicted molar refractivity (Wildman–Crippen MR) is 68.9 cm³/mol. The number of hydrogen-bond donors (Lipinski definition) is 2. The lowest BCUT2D eigenvalue weighted by atomic mass is 9.88. The number of aliphatic hydroxyl groups excluding tert-OH is 1. The summed E-state index contributed by atoms with van der Waals surface area (Å²) in [4.78, 5) is 17.4. The first-order valence-electron chi connectivity index (χ1n) is 6.13. The van der Waals surface area contributed by atoms with Gasteiger partial charge in [0.25, 0.3) is 5.91 Å². The molecule has 0 unspecified atom stereocenters. The molecule has 100 valence electrons. The molecule has 2 heterocycles. The van der Waals surface area contributed by atoms with Crippen LogP contribution in [-0.4, -0.2) is 44.8 Å². The highest BCUT2D eigenvalue weighted by Gasteiger charge is 2.33. The molecule has 1 aliphatic rings. The molecule has 2 atom stereocenters. The van der Waals surface area contributed by atoms with Crippen molar-refractivity contribution >= 4 is 17.4 Å². The van der Waals surface area contributed by atoms with E-state index < -0.39 is 5.91 Å². The zero-order chi connectivity index (χ0) is 13.6. The molecule has 2 aromatic heterocycles. The Bertz CT molecular complexity index is 638. The topological polar surface area (TPSA) is 96.8 Å². The molecule has 1 aliphatic carbocycles. The number of primary amides is 1. The van der Waals surface area contributed by atoms with Crippen molar-refractivity contribution in [2.45, 2.75) is 25.0 Å². The average Bonchev–Trinajstić information content (AvgIpc) is 2.80. The summed E-state index contributed by atoms with van der Waals surface area (Å²) in [5.74, 6) is 0.229. The number of carbonyl (C=O) groups excluding carboxylic acids is 1. The van der Waals surface area contributed by atoms with Crippen molar-refractivity contribution in [3.05, 3.63) is 24.0 Å². The maximum absolute atomic E-state index is 11.3. The maximum atomic E-state index is 11.3. The molecule has 2 aromatic rings. The van der Waals surface area contributed by atoms with Gasteiger partial charge >= 0.3 is 0 Å². The minimum Gasteiger partial charge on any atom is -0.391 e. The molecule has 7 heteroatoms. The Balaban J connectivity index is 2.06. The molecule has 0 saturated heterocycles. The van der Waals surface area contributed by atoms with Crippen LogP contribution >= 0.6 is 0 Å². The first kappa shape index (κ1) is 11.9. The fourth-order valence-corrected chi connectivity index (χ4v) is 2.41. The van der Waals surface area contributed by atoms with Crippen LogP contribution in [0.1, 0.15) is 23.2 Å². The van der Waals surface area contributed by atoms with Crippen LogP contribution in [0.25, 0.3) is 5.65 Å². The van der Waals surface area contributed by atoms with Crippen LogP contribution in [0.2, 0.25) is 0 Å². The van der Waals surface area contributed by atoms with Crippen molar-refractivity contribution in [2.75, 3.05) is 11.9 Å². The van der Waals surface area contributed by atoms with E-state index in [4.69, 9.17) is 5.73 Å². The molecule has 1 fully saturated rings. The maximum Gasteiger partial charge on any atom is 0.254 e. The van der Waals surface area contributed by atoms with Gasteiger partial charge in [-0.05, 0) is 18.9 Å². The Labute approximate surface area is 109 Å². The summed E-state index contributed by atoms with van der Waals surface area (Å²) in [6.07, 6.45) is 4.46. The lowest BCUT2D eigenvalue weighted by molar-refractivity contribution is 0.0664. The monoisotopic (exact) mass is 261 g/mol. The van der Waals surface area contributed by atoms with E-state index in [9.17, 15) is 9.90 Å². The number of hydrogen-bond acceptors (Lipinski definition) is 5. The van der Waals surface area contributed by atoms with E-state index in [-0.39, 0.29) is 12.1 Å². The molecule has 0 bridgehead atoms. The third kappa shape index (κ3) is 1.74. The van der Waals surface area contributed by atoms with Crippen molar-refractivity contribution in [3.8, 4) is 0 Å². The largest absolute Gasteiger partial charge is 0.391 e. The second-order valence-electron chi connectivity index (χ2n) is 4.78. The molecular formula is C12H15N5O2. The SMILES string of the molecule is CN(c1ccnc2c(C(N)=O)cnn12)[C@H]1CC[C@@H]1O. The van der Waals surface area contributed by atoms with Gasteiger partial charge < -0.3 is 15.7 Å². The number of nitrogens with two attached hydrogens (primary N) is 1. The Morgan fingerprint density at radius 1 is 1.58 bits per heavy atom. The first-order chi connectivity index (χ1) is 9.09. The number of amides is 1. The van der Waals surface area contributed by atoms with Crippen LogP contribution in [-0.2, 0) is 0 Å². The highest BCUT2D eigenvalue weighted by Crippen LogP contribution is 2.28. The number of aliphatic hydroxyl groups is 1. The molecule has 0 spiro atoms. The Morgan fingerprint density at radius 2 is 2.37 bits per heavy atom. The van der Waals surface area contributed by atoms with Crippen LogP contribution in [0.15, 0.2) is 18.5 Å². The Morgan fingerprint density at radius 3 is 2.95 bits per heavy atom. The molecule has 19 heavy (non-hydrogen) atoms. The molecule has 0 radical (unpaired) electrons. The van der Waals surface area contributed by atoms with Crippen LogP contribution in [0.4, 0.5) is 5.82 Å². The standard InChI is InChI=1S/C12H15N5O2/c1-16(8-2-3-9(8)18)10-4-5-14-12-7(11(13)19)6-15-17(10)12/h4-6,8-9,18H,2-3H2,1H3,(H2,13,19)/t8-,9-/m0/s1. The molecule has 1 amide bonds. The molecule has 1 saturated carbocycles. The highest BCUT2D eigenvalue weighted by atomic mass is 16.3. The molecule has 0 aromatic carbocycles. The van der Waals surface area contributed by atoms with Crippen LogP contribution < -0.4 is 10.6 Å². The second kappa shape index (κ2) is 4.20. The predicted octanol–water partition coefficient (Wildman–Crippen LogP) is -0.212. The number of rotatable bonds is 3. The summed E-state index contributed by atoms with van der Waals surface area (Å²) in [6.45, 7) is 0. The minimum atomic E-state index is -0.550. The number of fused-ring (bicyclic) bond motifs is 1. The lowest BCUT2D eigenvalue weighted by Crippen LogP contribution is -2.49. The van der Waals surface area contributed by atoms with Gasteiger partial charge in [0.2, 0.25) is 0 Å². The summed E-state index contributed by atoms with van der Waals surface area (Å²) in [5, 5.41) is 13.9. The fourth-order valence-electron chi connectivity index (χ4n) is 2.41. The van der Waals surface area contributed by atoms with Crippen molar-refractivity contribution < 1.29 is 9.90 Å². The van der Waals surface area contributed by atoms with Gasteiger partial charge in [0.1, 0.15) is 11.4 Å². The fraction of sp³-hybridized carbons (Fsp3) is 0.417. The van der Waals surface area contributed by atoms with Crippen LogP contribution in [0.5, 0.6) is 0 Å². The van der Waals surface area contributed by atoms with Crippen molar-refractivity contribution in [2.24, 2.45) is 5.73 Å². The highest BCUT2D eigenvalue weighted by molar-refractivity contribution is 5.98. The molecule has 3 N–H and O–H groups in total. The third-order valence-electron chi connectivity index (χ3n) is 3.71. The van der Waals surface area contributed by atoms with E-state index in [1.54, 1.807) is 16.8 Å². The van der Waals surface area contributed by atoms with Gasteiger partial charge in [-0.1, -0.05) is 0 Å². The van der Waals surface area contributed by atoms with Crippen molar-refractivity contribution in [3.63, 3.8) is 0 Å². The van der Waals surface area contributed by atoms with Crippen LogP contribution in [0, 0.1) is 0 Å². The molecule has 0 aliphatic heterocycles. The number of carbonyl (C=O) groups is 1. The molecular weight excluding hydrogens is 246 g/mol. The Kier molecular flexibility index (Phi) is 2.63. The van der Waals surface area contributed by atoms with Gasteiger partial charge in [-0.3, -0.25) is 4.79 Å². The Hall–Kier alpha value is -2.15. The van der Waals surface area contributed by atoms with Crippen LogP contribution in [0.3, 0.4) is 0 Å². The van der Waals surface area contributed by atoms with Gasteiger partial charge in [-0.2, -0.15) is 9.61 Å². The molecule has 3 rings (SSSR count).